The molecule has 0 N–H and O–H groups in total. The third-order valence-corrected chi connectivity index (χ3v) is 4.42. The number of aromatic nitrogens is 1. The molecule has 0 spiro atoms. The lowest BCUT2D eigenvalue weighted by atomic mass is 9.92. The zero-order chi connectivity index (χ0) is 15.7. The van der Waals surface area contributed by atoms with Gasteiger partial charge in [-0.1, -0.05) is 5.16 Å². The molecule has 120 valence electrons. The molecule has 4 heterocycles. The van der Waals surface area contributed by atoms with Crippen LogP contribution >= 0.6 is 0 Å². The number of amides is 1. The molecule has 5 rings (SSSR count). The third kappa shape index (κ3) is 1.58. The predicted octanol–water partition coefficient (Wildman–Crippen LogP) is 2.03. The molecule has 3 aliphatic rings. The molecule has 0 aliphatic carbocycles. The summed E-state index contributed by atoms with van der Waals surface area (Å²) in [6, 6.07) is -0.340. The van der Waals surface area contributed by atoms with E-state index < -0.39 is 24.0 Å². The Morgan fingerprint density at radius 1 is 1.17 bits per heavy atom. The second-order valence-corrected chi connectivity index (χ2v) is 5.61. The van der Waals surface area contributed by atoms with Gasteiger partial charge in [-0.2, -0.15) is 4.39 Å². The van der Waals surface area contributed by atoms with Crippen LogP contribution in [0.4, 0.5) is 19.4 Å². The number of carbonyl (C=O) groups is 1. The van der Waals surface area contributed by atoms with Crippen LogP contribution in [0.5, 0.6) is 0 Å². The van der Waals surface area contributed by atoms with Crippen LogP contribution in [0.2, 0.25) is 0 Å². The Kier molecular flexibility index (Phi) is 2.52. The summed E-state index contributed by atoms with van der Waals surface area (Å²) in [5, 5.41) is 4.02. The van der Waals surface area contributed by atoms with Gasteiger partial charge in [0, 0.05) is 0 Å². The van der Waals surface area contributed by atoms with E-state index in [4.69, 9.17) is 18.7 Å². The maximum Gasteiger partial charge on any atom is 0.416 e. The molecule has 9 heteroatoms. The number of nitrogens with zero attached hydrogens (tertiary/aromatic N) is 2. The lowest BCUT2D eigenvalue weighted by Crippen LogP contribution is -2.38. The van der Waals surface area contributed by atoms with Gasteiger partial charge in [0.05, 0.1) is 30.2 Å². The zero-order valence-electron chi connectivity index (χ0n) is 11.7. The summed E-state index contributed by atoms with van der Waals surface area (Å²) in [6.07, 6.45) is -1.27. The van der Waals surface area contributed by atoms with E-state index in [1.807, 2.05) is 0 Å². The highest BCUT2D eigenvalue weighted by Gasteiger charge is 2.45. The number of fused-ring (bicyclic) bond motifs is 2. The number of hydrogen-bond donors (Lipinski definition) is 0. The van der Waals surface area contributed by atoms with Gasteiger partial charge in [-0.25, -0.2) is 9.18 Å². The van der Waals surface area contributed by atoms with E-state index in [9.17, 15) is 13.6 Å². The van der Waals surface area contributed by atoms with E-state index in [2.05, 4.69) is 5.16 Å². The number of benzene rings is 1. The fourth-order valence-electron chi connectivity index (χ4n) is 3.44. The van der Waals surface area contributed by atoms with Gasteiger partial charge in [0.2, 0.25) is 11.4 Å². The maximum atomic E-state index is 14.6. The summed E-state index contributed by atoms with van der Waals surface area (Å²) >= 11 is 0. The first kappa shape index (κ1) is 13.2. The molecular formula is C14H10F2N2O5. The number of rotatable bonds is 1. The first-order valence-corrected chi connectivity index (χ1v) is 7.15. The lowest BCUT2D eigenvalue weighted by molar-refractivity contribution is -0.0474. The fraction of sp³-hybridized carbons (Fsp3) is 0.429. The molecule has 1 aromatic carbocycles. The summed E-state index contributed by atoms with van der Waals surface area (Å²) in [7, 11) is 0. The molecule has 3 aliphatic heterocycles. The molecule has 2 aromatic rings. The van der Waals surface area contributed by atoms with Gasteiger partial charge in [0.15, 0.2) is 17.9 Å². The Hall–Kier alpha value is -2.26. The second kappa shape index (κ2) is 4.39. The second-order valence-electron chi connectivity index (χ2n) is 5.61. The average Bonchev–Trinajstić information content (AvgIpc) is 3.25. The van der Waals surface area contributed by atoms with Crippen LogP contribution < -0.4 is 4.90 Å². The monoisotopic (exact) mass is 324 g/mol. The highest BCUT2D eigenvalue weighted by Crippen LogP contribution is 2.44. The van der Waals surface area contributed by atoms with Crippen molar-refractivity contribution in [3.8, 4) is 0 Å². The highest BCUT2D eigenvalue weighted by atomic mass is 19.2. The normalized spacial score (nSPS) is 23.7. The van der Waals surface area contributed by atoms with Gasteiger partial charge < -0.3 is 18.7 Å². The van der Waals surface area contributed by atoms with Gasteiger partial charge in [-0.3, -0.25) is 4.90 Å². The van der Waals surface area contributed by atoms with E-state index in [1.165, 1.54) is 4.90 Å². The third-order valence-electron chi connectivity index (χ3n) is 4.42. The van der Waals surface area contributed by atoms with E-state index in [1.54, 1.807) is 0 Å². The minimum absolute atomic E-state index is 0.0101. The molecule has 1 aromatic heterocycles. The minimum Gasteiger partial charge on any atom is -0.447 e. The molecule has 1 atom stereocenters. The van der Waals surface area contributed by atoms with Crippen LogP contribution in [0, 0.1) is 11.6 Å². The van der Waals surface area contributed by atoms with E-state index in [0.717, 1.165) is 0 Å². The average molecular weight is 324 g/mol. The SMILES string of the molecule is O=C1OCC2Cc3c(C4OCCO4)c(F)c(F)c4onc(c34)N12. The van der Waals surface area contributed by atoms with Gasteiger partial charge in [0.25, 0.3) is 0 Å². The Morgan fingerprint density at radius 2 is 1.96 bits per heavy atom. The first-order valence-electron chi connectivity index (χ1n) is 7.15. The van der Waals surface area contributed by atoms with Crippen molar-refractivity contribution in [2.45, 2.75) is 18.8 Å². The smallest absolute Gasteiger partial charge is 0.416 e. The maximum absolute atomic E-state index is 14.6. The largest absolute Gasteiger partial charge is 0.447 e. The van der Waals surface area contributed by atoms with Crippen LogP contribution in [0.3, 0.4) is 0 Å². The van der Waals surface area contributed by atoms with E-state index >= 15 is 0 Å². The minimum atomic E-state index is -1.16. The van der Waals surface area contributed by atoms with Crippen molar-refractivity contribution in [2.24, 2.45) is 0 Å². The van der Waals surface area contributed by atoms with Gasteiger partial charge in [-0.15, -0.1) is 0 Å². The number of ether oxygens (including phenoxy) is 3. The summed E-state index contributed by atoms with van der Waals surface area (Å²) in [6.45, 7) is 0.755. The molecule has 2 saturated heterocycles. The molecule has 1 amide bonds. The number of anilines is 1. The highest BCUT2D eigenvalue weighted by molar-refractivity contribution is 6.03. The van der Waals surface area contributed by atoms with Crippen molar-refractivity contribution in [2.75, 3.05) is 24.7 Å². The van der Waals surface area contributed by atoms with Crippen LogP contribution in [0.15, 0.2) is 4.52 Å². The van der Waals surface area contributed by atoms with E-state index in [-0.39, 0.29) is 41.4 Å². The van der Waals surface area contributed by atoms with Gasteiger partial charge in [0.1, 0.15) is 6.61 Å². The summed E-state index contributed by atoms with van der Waals surface area (Å²) in [5.74, 6) is -2.09. The number of hydrogen-bond acceptors (Lipinski definition) is 6. The van der Waals surface area contributed by atoms with Crippen LogP contribution in [-0.2, 0) is 20.6 Å². The fourth-order valence-corrected chi connectivity index (χ4v) is 3.44. The summed E-state index contributed by atoms with van der Waals surface area (Å²) in [5.41, 5.74) is 0.185. The number of halogens is 2. The van der Waals surface area contributed by atoms with E-state index in [0.29, 0.717) is 18.8 Å². The van der Waals surface area contributed by atoms with Crippen molar-refractivity contribution in [3.63, 3.8) is 0 Å². The van der Waals surface area contributed by atoms with Crippen molar-refractivity contribution < 1.29 is 32.3 Å². The van der Waals surface area contributed by atoms with Crippen LogP contribution in [-0.4, -0.2) is 37.1 Å². The van der Waals surface area contributed by atoms with Crippen molar-refractivity contribution in [3.05, 3.63) is 22.8 Å². The lowest BCUT2D eigenvalue weighted by Gasteiger charge is -2.27. The van der Waals surface area contributed by atoms with Gasteiger partial charge >= 0.3 is 6.09 Å². The molecule has 0 radical (unpaired) electrons. The number of carbonyl (C=O) groups excluding carboxylic acids is 1. The Labute approximate surface area is 127 Å². The van der Waals surface area contributed by atoms with Crippen molar-refractivity contribution >= 4 is 22.9 Å². The van der Waals surface area contributed by atoms with Crippen molar-refractivity contribution in [1.82, 2.24) is 5.16 Å². The summed E-state index contributed by atoms with van der Waals surface area (Å²) < 4.78 is 49.6. The standard InChI is InChI=1S/C14H10F2N2O5/c15-9-7(13-20-1-2-21-13)6-3-5-4-22-14(19)18(5)12-8(6)11(10(9)16)23-17-12/h5,13H,1-4H2. The van der Waals surface area contributed by atoms with Gasteiger partial charge in [-0.05, 0) is 12.0 Å². The molecule has 23 heavy (non-hydrogen) atoms. The zero-order valence-corrected chi connectivity index (χ0v) is 11.7. The molecular weight excluding hydrogens is 314 g/mol. The number of cyclic esters (lactones) is 1. The Morgan fingerprint density at radius 3 is 2.74 bits per heavy atom. The van der Waals surface area contributed by atoms with Crippen LogP contribution in [0.1, 0.15) is 17.4 Å². The molecule has 2 fully saturated rings. The Bertz CT molecular complexity index is 846. The molecule has 1 unspecified atom stereocenters. The predicted molar refractivity (Wildman–Crippen MR) is 69.9 cm³/mol. The molecule has 7 nitrogen and oxygen atoms in total. The van der Waals surface area contributed by atoms with Crippen molar-refractivity contribution in [1.29, 1.82) is 0 Å². The molecule has 0 bridgehead atoms. The van der Waals surface area contributed by atoms with Crippen LogP contribution in [0.25, 0.3) is 11.0 Å². The molecule has 0 saturated carbocycles. The first-order chi connectivity index (χ1) is 11.2. The summed E-state index contributed by atoms with van der Waals surface area (Å²) in [4.78, 5) is 13.2. The quantitative estimate of drug-likeness (QED) is 0.799. The Balaban J connectivity index is 1.83. The topological polar surface area (TPSA) is 74.0 Å².